The van der Waals surface area contributed by atoms with Crippen molar-refractivity contribution in [3.63, 3.8) is 0 Å². The molecule has 19 heavy (non-hydrogen) atoms. The zero-order chi connectivity index (χ0) is 13.2. The summed E-state index contributed by atoms with van der Waals surface area (Å²) in [6.07, 6.45) is 2.36. The zero-order valence-electron chi connectivity index (χ0n) is 11.3. The minimum atomic E-state index is 0.518. The molecule has 0 radical (unpaired) electrons. The first-order valence-corrected chi connectivity index (χ1v) is 7.52. The summed E-state index contributed by atoms with van der Waals surface area (Å²) in [7, 11) is 3.36. The third-order valence-corrected chi connectivity index (χ3v) is 5.14. The summed E-state index contributed by atoms with van der Waals surface area (Å²) in [5.74, 6) is 2.76. The van der Waals surface area contributed by atoms with Crippen LogP contribution in [0.15, 0.2) is 29.7 Å². The lowest BCUT2D eigenvalue weighted by Gasteiger charge is -2.34. The molecule has 1 aromatic rings. The molecular formula is C15H19NO2S. The summed E-state index contributed by atoms with van der Waals surface area (Å²) < 4.78 is 10.7. The van der Waals surface area contributed by atoms with Gasteiger partial charge in [-0.15, -0.1) is 11.8 Å². The van der Waals surface area contributed by atoms with Gasteiger partial charge in [0.25, 0.3) is 0 Å². The minimum Gasteiger partial charge on any atom is -0.493 e. The van der Waals surface area contributed by atoms with E-state index in [1.54, 1.807) is 14.2 Å². The predicted molar refractivity (Wildman–Crippen MR) is 79.2 cm³/mol. The van der Waals surface area contributed by atoms with Gasteiger partial charge in [0.05, 0.1) is 14.2 Å². The second-order valence-electron chi connectivity index (χ2n) is 4.96. The van der Waals surface area contributed by atoms with Crippen LogP contribution in [0.2, 0.25) is 0 Å². The Kier molecular flexibility index (Phi) is 3.71. The van der Waals surface area contributed by atoms with Gasteiger partial charge >= 0.3 is 0 Å². The maximum Gasteiger partial charge on any atom is 0.160 e. The lowest BCUT2D eigenvalue weighted by molar-refractivity contribution is 0.351. The average Bonchev–Trinajstić information content (AvgIpc) is 2.94. The second kappa shape index (κ2) is 5.47. The van der Waals surface area contributed by atoms with E-state index in [4.69, 9.17) is 9.47 Å². The van der Waals surface area contributed by atoms with E-state index in [2.05, 4.69) is 28.9 Å². The van der Waals surface area contributed by atoms with Crippen molar-refractivity contribution in [2.45, 2.75) is 11.2 Å². The Morgan fingerprint density at radius 2 is 2.00 bits per heavy atom. The van der Waals surface area contributed by atoms with Crippen LogP contribution in [0.4, 0.5) is 0 Å². The van der Waals surface area contributed by atoms with Crippen molar-refractivity contribution in [3.05, 3.63) is 35.2 Å². The third kappa shape index (κ3) is 2.35. The smallest absolute Gasteiger partial charge is 0.160 e. The number of benzene rings is 1. The van der Waals surface area contributed by atoms with Crippen LogP contribution in [-0.4, -0.2) is 32.6 Å². The van der Waals surface area contributed by atoms with E-state index in [9.17, 15) is 0 Å². The molecule has 102 valence electrons. The summed E-state index contributed by atoms with van der Waals surface area (Å²) >= 11 is 1.94. The number of rotatable bonds is 3. The minimum absolute atomic E-state index is 0.518. The molecule has 3 unspecified atom stereocenters. The predicted octanol–water partition coefficient (Wildman–Crippen LogP) is 2.64. The van der Waals surface area contributed by atoms with Crippen molar-refractivity contribution in [2.24, 2.45) is 5.92 Å². The fraction of sp³-hybridized carbons (Fsp3) is 0.467. The van der Waals surface area contributed by atoms with Gasteiger partial charge in [-0.2, -0.15) is 0 Å². The first-order chi connectivity index (χ1) is 9.33. The highest BCUT2D eigenvalue weighted by molar-refractivity contribution is 8.03. The molecule has 0 saturated carbocycles. The Hall–Kier alpha value is -1.13. The van der Waals surface area contributed by atoms with Crippen LogP contribution >= 0.6 is 11.8 Å². The molecule has 0 aromatic heterocycles. The average molecular weight is 277 g/mol. The van der Waals surface area contributed by atoms with Crippen LogP contribution in [-0.2, 0) is 0 Å². The first kappa shape index (κ1) is 12.9. The molecule has 2 aliphatic heterocycles. The van der Waals surface area contributed by atoms with E-state index >= 15 is 0 Å². The quantitative estimate of drug-likeness (QED) is 0.920. The first-order valence-electron chi connectivity index (χ1n) is 6.58. The molecule has 0 spiro atoms. The van der Waals surface area contributed by atoms with Gasteiger partial charge in [-0.05, 0) is 29.0 Å². The Morgan fingerprint density at radius 1 is 1.16 bits per heavy atom. The van der Waals surface area contributed by atoms with Gasteiger partial charge < -0.3 is 14.8 Å². The van der Waals surface area contributed by atoms with Gasteiger partial charge in [0.15, 0.2) is 11.5 Å². The van der Waals surface area contributed by atoms with E-state index in [0.29, 0.717) is 17.1 Å². The van der Waals surface area contributed by atoms with Crippen LogP contribution in [0.5, 0.6) is 11.5 Å². The molecular weight excluding hydrogens is 258 g/mol. The number of thioether (sulfide) groups is 1. The van der Waals surface area contributed by atoms with Gasteiger partial charge in [0, 0.05) is 24.3 Å². The van der Waals surface area contributed by atoms with Crippen molar-refractivity contribution in [1.82, 2.24) is 5.32 Å². The Balaban J connectivity index is 1.90. The molecule has 1 N–H and O–H groups in total. The van der Waals surface area contributed by atoms with E-state index in [-0.39, 0.29) is 0 Å². The topological polar surface area (TPSA) is 30.5 Å². The Bertz CT molecular complexity index is 489. The Labute approximate surface area is 118 Å². The number of methoxy groups -OCH3 is 2. The number of nitrogens with one attached hydrogen (secondary N) is 1. The number of allylic oxidation sites excluding steroid dienone is 1. The summed E-state index contributed by atoms with van der Waals surface area (Å²) in [6, 6.07) is 6.28. The SMILES string of the molecule is COc1ccc(C2CNCC3SC=CC32)cc1OC. The fourth-order valence-corrected chi connectivity index (χ4v) is 4.12. The Morgan fingerprint density at radius 3 is 2.79 bits per heavy atom. The van der Waals surface area contributed by atoms with E-state index in [1.165, 1.54) is 5.56 Å². The standard InChI is InChI=1S/C15H19NO2S/c1-17-13-4-3-10(7-14(13)18-2)12-8-16-9-15-11(12)5-6-19-15/h3-7,11-12,15-16H,8-9H2,1-2H3. The molecule has 2 heterocycles. The summed E-state index contributed by atoms with van der Waals surface area (Å²) in [4.78, 5) is 0. The number of piperidine rings is 1. The van der Waals surface area contributed by atoms with Crippen molar-refractivity contribution in [1.29, 1.82) is 0 Å². The van der Waals surface area contributed by atoms with Crippen molar-refractivity contribution < 1.29 is 9.47 Å². The maximum absolute atomic E-state index is 5.41. The maximum atomic E-state index is 5.41. The summed E-state index contributed by atoms with van der Waals surface area (Å²) in [6.45, 7) is 2.13. The molecule has 0 amide bonds. The van der Waals surface area contributed by atoms with E-state index < -0.39 is 0 Å². The molecule has 1 fully saturated rings. The van der Waals surface area contributed by atoms with Crippen LogP contribution in [0.3, 0.4) is 0 Å². The lowest BCUT2D eigenvalue weighted by Crippen LogP contribution is -2.41. The molecule has 1 aromatic carbocycles. The van der Waals surface area contributed by atoms with Gasteiger partial charge in [-0.3, -0.25) is 0 Å². The number of hydrogen-bond acceptors (Lipinski definition) is 4. The van der Waals surface area contributed by atoms with Crippen molar-refractivity contribution in [2.75, 3.05) is 27.3 Å². The second-order valence-corrected chi connectivity index (χ2v) is 6.11. The normalized spacial score (nSPS) is 29.1. The van der Waals surface area contributed by atoms with Gasteiger partial charge in [0.2, 0.25) is 0 Å². The van der Waals surface area contributed by atoms with E-state index in [1.807, 2.05) is 17.8 Å². The van der Waals surface area contributed by atoms with Crippen molar-refractivity contribution >= 4 is 11.8 Å². The number of hydrogen-bond donors (Lipinski definition) is 1. The van der Waals surface area contributed by atoms with Gasteiger partial charge in [-0.25, -0.2) is 0 Å². The molecule has 3 nitrogen and oxygen atoms in total. The lowest BCUT2D eigenvalue weighted by atomic mass is 9.81. The van der Waals surface area contributed by atoms with Crippen LogP contribution < -0.4 is 14.8 Å². The molecule has 3 atom stereocenters. The van der Waals surface area contributed by atoms with E-state index in [0.717, 1.165) is 24.6 Å². The van der Waals surface area contributed by atoms with Gasteiger partial charge in [0.1, 0.15) is 0 Å². The van der Waals surface area contributed by atoms with Crippen LogP contribution in [0, 0.1) is 5.92 Å². The number of ether oxygens (including phenoxy) is 2. The molecule has 4 heteroatoms. The van der Waals surface area contributed by atoms with Gasteiger partial charge in [-0.1, -0.05) is 12.1 Å². The molecule has 1 saturated heterocycles. The monoisotopic (exact) mass is 277 g/mol. The molecule has 0 bridgehead atoms. The number of fused-ring (bicyclic) bond motifs is 1. The fourth-order valence-electron chi connectivity index (χ4n) is 2.97. The third-order valence-electron chi connectivity index (χ3n) is 3.99. The summed E-state index contributed by atoms with van der Waals surface area (Å²) in [5.41, 5.74) is 1.33. The van der Waals surface area contributed by atoms with Crippen LogP contribution in [0.1, 0.15) is 11.5 Å². The summed E-state index contributed by atoms with van der Waals surface area (Å²) in [5, 5.41) is 6.46. The highest BCUT2D eigenvalue weighted by Gasteiger charge is 2.35. The van der Waals surface area contributed by atoms with Crippen molar-refractivity contribution in [3.8, 4) is 11.5 Å². The van der Waals surface area contributed by atoms with Crippen LogP contribution in [0.25, 0.3) is 0 Å². The molecule has 3 rings (SSSR count). The highest BCUT2D eigenvalue weighted by atomic mass is 32.2. The molecule has 0 aliphatic carbocycles. The zero-order valence-corrected chi connectivity index (χ0v) is 12.1. The highest BCUT2D eigenvalue weighted by Crippen LogP contribution is 2.42. The molecule has 2 aliphatic rings. The largest absolute Gasteiger partial charge is 0.493 e.